The van der Waals surface area contributed by atoms with E-state index in [2.05, 4.69) is 4.98 Å². The molecule has 0 aromatic carbocycles. The quantitative estimate of drug-likeness (QED) is 0.375. The van der Waals surface area contributed by atoms with Gasteiger partial charge in [-0.3, -0.25) is 4.98 Å². The first-order valence-electron chi connectivity index (χ1n) is 3.20. The second kappa shape index (κ2) is 6.33. The Balaban J connectivity index is 0.00000144. The van der Waals surface area contributed by atoms with Gasteiger partial charge in [-0.2, -0.15) is 4.91 Å². The Kier molecular flexibility index (Phi) is 6.26. The van der Waals surface area contributed by atoms with Crippen molar-refractivity contribution in [2.24, 2.45) is 0 Å². The number of aromatic nitrogens is 1. The fourth-order valence-corrected chi connectivity index (χ4v) is 1.24. The number of hydrogen-bond acceptors (Lipinski definition) is 5. The Morgan fingerprint density at radius 3 is 2.69 bits per heavy atom. The van der Waals surface area contributed by atoms with E-state index < -0.39 is 0 Å². The molecule has 1 aromatic rings. The Labute approximate surface area is 94.2 Å². The fourth-order valence-electron chi connectivity index (χ4n) is 0.642. The van der Waals surface area contributed by atoms with Gasteiger partial charge in [0.1, 0.15) is 0 Å². The van der Waals surface area contributed by atoms with Crippen LogP contribution in [0.1, 0.15) is 0 Å². The van der Waals surface area contributed by atoms with Crippen LogP contribution in [0.4, 0.5) is 0 Å². The third-order valence-corrected chi connectivity index (χ3v) is 1.91. The summed E-state index contributed by atoms with van der Waals surface area (Å²) in [4.78, 5) is 4.30. The second-order valence-corrected chi connectivity index (χ2v) is 2.89. The molecule has 0 N–H and O–H groups in total. The van der Waals surface area contributed by atoms with Crippen molar-refractivity contribution in [3.8, 4) is 10.9 Å². The van der Waals surface area contributed by atoms with Crippen molar-refractivity contribution in [2.45, 2.75) is 0 Å². The fraction of sp³-hybridized carbons (Fsp3) is 0.500. The van der Waals surface area contributed by atoms with E-state index in [0.717, 1.165) is 0 Å². The molecule has 1 aromatic heterocycles. The Hall–Kier alpha value is -0.148. The zero-order valence-corrected chi connectivity index (χ0v) is 8.68. The van der Waals surface area contributed by atoms with Gasteiger partial charge in [0.05, 0.1) is 7.11 Å². The van der Waals surface area contributed by atoms with Gasteiger partial charge in [0.15, 0.2) is 6.79 Å². The number of ether oxygens (including phenoxy) is 3. The predicted octanol–water partition coefficient (Wildman–Crippen LogP) is -3.07. The molecule has 0 bridgehead atoms. The van der Waals surface area contributed by atoms with Gasteiger partial charge in [0.2, 0.25) is 5.06 Å². The molecule has 0 amide bonds. The summed E-state index contributed by atoms with van der Waals surface area (Å²) in [5.41, 5.74) is 0. The van der Waals surface area contributed by atoms with Gasteiger partial charge < -0.3 is 22.1 Å². The van der Waals surface area contributed by atoms with Gasteiger partial charge in [0, 0.05) is 7.11 Å². The van der Waals surface area contributed by atoms with Crippen molar-refractivity contribution >= 4 is 24.1 Å². The molecule has 0 saturated heterocycles. The number of rotatable bonds is 4. The number of methoxy groups -OCH3 is 2. The normalized spacial score (nSPS) is 9.15. The first-order chi connectivity index (χ1) is 5.77. The van der Waals surface area contributed by atoms with Crippen molar-refractivity contribution in [1.29, 1.82) is 0 Å². The van der Waals surface area contributed by atoms with Crippen LogP contribution in [0.2, 0.25) is 0 Å². The summed E-state index contributed by atoms with van der Waals surface area (Å²) in [6, 6.07) is 0. The van der Waals surface area contributed by atoms with Crippen LogP contribution in [0, 0.1) is 0 Å². The SMILES string of the molecule is [B-]c1nc(OCOC)c(OC)s1.[Li+]. The summed E-state index contributed by atoms with van der Waals surface area (Å²) in [5.74, 6) is 0.377. The first-order valence-corrected chi connectivity index (χ1v) is 4.01. The van der Waals surface area contributed by atoms with Crippen molar-refractivity contribution in [3.63, 3.8) is 0 Å². The van der Waals surface area contributed by atoms with Crippen LogP contribution in [-0.4, -0.2) is 33.8 Å². The molecule has 0 fully saturated rings. The van der Waals surface area contributed by atoms with E-state index in [1.165, 1.54) is 25.6 Å². The van der Waals surface area contributed by atoms with E-state index in [4.69, 9.17) is 22.1 Å². The molecule has 4 nitrogen and oxygen atoms in total. The Morgan fingerprint density at radius 1 is 1.46 bits per heavy atom. The summed E-state index contributed by atoms with van der Waals surface area (Å²) in [5, 5.41) is 0.560. The van der Waals surface area contributed by atoms with Crippen molar-refractivity contribution in [2.75, 3.05) is 21.0 Å². The number of thiazole rings is 1. The monoisotopic (exact) mass is 192 g/mol. The molecule has 3 radical (unpaired) electrons. The molecule has 1 heterocycles. The van der Waals surface area contributed by atoms with E-state index in [1.807, 2.05) is 0 Å². The molecule has 0 saturated carbocycles. The average Bonchev–Trinajstić information content (AvgIpc) is 2.42. The molecule has 0 aliphatic carbocycles. The van der Waals surface area contributed by atoms with Crippen molar-refractivity contribution in [3.05, 3.63) is 0 Å². The van der Waals surface area contributed by atoms with E-state index in [-0.39, 0.29) is 25.7 Å². The maximum absolute atomic E-state index is 5.43. The van der Waals surface area contributed by atoms with Crippen molar-refractivity contribution < 1.29 is 33.1 Å². The number of hydrogen-bond donors (Lipinski definition) is 0. The average molecular weight is 192 g/mol. The summed E-state index contributed by atoms with van der Waals surface area (Å²) < 4.78 is 14.7. The molecule has 13 heavy (non-hydrogen) atoms. The molecule has 65 valence electrons. The molecule has 1 rings (SSSR count). The second-order valence-electron chi connectivity index (χ2n) is 1.90. The molecular weight excluding hydrogens is 184 g/mol. The topological polar surface area (TPSA) is 40.6 Å². The van der Waals surface area contributed by atoms with Crippen molar-refractivity contribution in [1.82, 2.24) is 4.98 Å². The summed E-state index contributed by atoms with van der Waals surface area (Å²) >= 11 is 1.23. The van der Waals surface area contributed by atoms with Crippen LogP contribution >= 0.6 is 11.3 Å². The van der Waals surface area contributed by atoms with Gasteiger partial charge in [-0.15, -0.1) is 11.3 Å². The zero-order chi connectivity index (χ0) is 8.97. The van der Waals surface area contributed by atoms with Crippen LogP contribution in [0.3, 0.4) is 0 Å². The van der Waals surface area contributed by atoms with Gasteiger partial charge in [-0.25, -0.2) is 0 Å². The summed E-state index contributed by atoms with van der Waals surface area (Å²) in [6.07, 6.45) is 0. The molecule has 0 spiro atoms. The number of nitrogens with zero attached hydrogens (tertiary/aromatic N) is 1. The molecule has 7 heteroatoms. The van der Waals surface area contributed by atoms with Gasteiger partial charge in [-0.1, -0.05) is 0 Å². The third kappa shape index (κ3) is 3.61. The molecule has 0 aliphatic rings. The Bertz CT molecular complexity index is 258. The molecule has 0 aliphatic heterocycles. The van der Waals surface area contributed by atoms with Gasteiger partial charge in [-0.05, 0) is 0 Å². The standard InChI is InChI=1S/C6H8BNO3S.Li/c1-9-3-11-4-5(10-2)12-6(7)8-4;/h3H2,1-2H3;/q-1;+1. The van der Waals surface area contributed by atoms with E-state index in [9.17, 15) is 0 Å². The smallest absolute Gasteiger partial charge is 0.538 e. The van der Waals surface area contributed by atoms with Crippen LogP contribution in [-0.2, 0) is 4.74 Å². The summed E-state index contributed by atoms with van der Waals surface area (Å²) in [6.45, 7) is 0.138. The maximum Gasteiger partial charge on any atom is 1.00 e. The molecule has 0 unspecified atom stereocenters. The van der Waals surface area contributed by atoms with E-state index in [0.29, 0.717) is 15.9 Å². The minimum absolute atomic E-state index is 0. The summed E-state index contributed by atoms with van der Waals surface area (Å²) in [7, 11) is 8.50. The first kappa shape index (κ1) is 12.9. The zero-order valence-electron chi connectivity index (χ0n) is 7.86. The minimum atomic E-state index is 0. The minimum Gasteiger partial charge on any atom is -0.538 e. The molecule has 0 atom stereocenters. The van der Waals surface area contributed by atoms with Crippen LogP contribution in [0.15, 0.2) is 0 Å². The predicted molar refractivity (Wildman–Crippen MR) is 46.6 cm³/mol. The van der Waals surface area contributed by atoms with E-state index in [1.54, 1.807) is 0 Å². The van der Waals surface area contributed by atoms with Crippen LogP contribution in [0.5, 0.6) is 10.9 Å². The third-order valence-electron chi connectivity index (χ3n) is 1.08. The maximum atomic E-state index is 5.43. The van der Waals surface area contributed by atoms with Crippen LogP contribution < -0.4 is 33.2 Å². The van der Waals surface area contributed by atoms with Gasteiger partial charge >= 0.3 is 18.9 Å². The van der Waals surface area contributed by atoms with Gasteiger partial charge in [0.25, 0.3) is 5.88 Å². The Morgan fingerprint density at radius 2 is 2.15 bits per heavy atom. The van der Waals surface area contributed by atoms with E-state index >= 15 is 0 Å². The molecular formula is C6H8BLiNO3S. The van der Waals surface area contributed by atoms with Crippen LogP contribution in [0.25, 0.3) is 0 Å². The largest absolute Gasteiger partial charge is 1.00 e.